The van der Waals surface area contributed by atoms with E-state index in [-0.39, 0.29) is 23.6 Å². The number of nitrogens with zero attached hydrogens (tertiary/aromatic N) is 2. The van der Waals surface area contributed by atoms with Crippen LogP contribution in [0.15, 0.2) is 28.7 Å². The maximum atomic E-state index is 12.7. The second kappa shape index (κ2) is 9.03. The normalized spacial score (nSPS) is 21.3. The first-order valence-corrected chi connectivity index (χ1v) is 11.9. The molecular weight excluding hydrogens is 430 g/mol. The molecule has 0 unspecified atom stereocenters. The van der Waals surface area contributed by atoms with Gasteiger partial charge in [0.2, 0.25) is 15.9 Å². The van der Waals surface area contributed by atoms with Crippen molar-refractivity contribution >= 4 is 31.9 Å². The zero-order valence-corrected chi connectivity index (χ0v) is 18.1. The SMILES string of the molecule is CN1CCC(NC(=O)C2CCN(S(=O)(=O)Cc3ccc(Br)cc3)CC2)CC1. The number of hydrogen-bond acceptors (Lipinski definition) is 4. The van der Waals surface area contributed by atoms with Crippen molar-refractivity contribution in [3.63, 3.8) is 0 Å². The van der Waals surface area contributed by atoms with Crippen LogP contribution in [0.25, 0.3) is 0 Å². The summed E-state index contributed by atoms with van der Waals surface area (Å²) in [7, 11) is -1.25. The molecule has 0 aliphatic carbocycles. The first-order chi connectivity index (χ1) is 12.8. The van der Waals surface area contributed by atoms with Crippen LogP contribution in [0.4, 0.5) is 0 Å². The Morgan fingerprint density at radius 2 is 1.67 bits per heavy atom. The van der Waals surface area contributed by atoms with Crippen molar-refractivity contribution in [2.45, 2.75) is 37.5 Å². The van der Waals surface area contributed by atoms with Gasteiger partial charge in [0.05, 0.1) is 5.75 Å². The lowest BCUT2D eigenvalue weighted by Crippen LogP contribution is -2.48. The second-order valence-corrected chi connectivity index (χ2v) is 10.5. The summed E-state index contributed by atoms with van der Waals surface area (Å²) in [6.07, 6.45) is 3.17. The molecule has 1 aromatic carbocycles. The van der Waals surface area contributed by atoms with E-state index in [1.807, 2.05) is 24.3 Å². The summed E-state index contributed by atoms with van der Waals surface area (Å²) in [4.78, 5) is 14.8. The van der Waals surface area contributed by atoms with Crippen molar-refractivity contribution in [3.05, 3.63) is 34.3 Å². The number of halogens is 1. The smallest absolute Gasteiger partial charge is 0.223 e. The third kappa shape index (κ3) is 5.76. The number of rotatable bonds is 5. The van der Waals surface area contributed by atoms with Gasteiger partial charge in [0, 0.05) is 29.5 Å². The molecule has 0 spiro atoms. The summed E-state index contributed by atoms with van der Waals surface area (Å²) in [5.41, 5.74) is 0.778. The zero-order valence-electron chi connectivity index (χ0n) is 15.7. The predicted octanol–water partition coefficient (Wildman–Crippen LogP) is 2.20. The molecule has 0 radical (unpaired) electrons. The molecule has 2 heterocycles. The van der Waals surface area contributed by atoms with E-state index in [1.54, 1.807) is 0 Å². The van der Waals surface area contributed by atoms with Gasteiger partial charge < -0.3 is 10.2 Å². The van der Waals surface area contributed by atoms with E-state index < -0.39 is 10.0 Å². The minimum atomic E-state index is -3.35. The summed E-state index contributed by atoms with van der Waals surface area (Å²) < 4.78 is 27.8. The van der Waals surface area contributed by atoms with Crippen LogP contribution in [0.5, 0.6) is 0 Å². The van der Waals surface area contributed by atoms with Gasteiger partial charge in [-0.05, 0) is 63.5 Å². The maximum Gasteiger partial charge on any atom is 0.223 e. The Morgan fingerprint density at radius 1 is 1.07 bits per heavy atom. The van der Waals surface area contributed by atoms with Crippen LogP contribution in [0.1, 0.15) is 31.2 Å². The fraction of sp³-hybridized carbons (Fsp3) is 0.632. The van der Waals surface area contributed by atoms with Gasteiger partial charge in [-0.3, -0.25) is 4.79 Å². The summed E-state index contributed by atoms with van der Waals surface area (Å²) >= 11 is 3.36. The number of piperidine rings is 2. The van der Waals surface area contributed by atoms with Crippen molar-refractivity contribution in [2.75, 3.05) is 33.2 Å². The number of amides is 1. The van der Waals surface area contributed by atoms with Crippen LogP contribution in [0.3, 0.4) is 0 Å². The van der Waals surface area contributed by atoms with E-state index in [0.717, 1.165) is 36.0 Å². The number of nitrogens with one attached hydrogen (secondary N) is 1. The number of carbonyl (C=O) groups excluding carboxylic acids is 1. The lowest BCUT2D eigenvalue weighted by atomic mass is 9.96. The van der Waals surface area contributed by atoms with Crippen molar-refractivity contribution < 1.29 is 13.2 Å². The van der Waals surface area contributed by atoms with Gasteiger partial charge in [-0.15, -0.1) is 0 Å². The molecule has 2 aliphatic rings. The minimum absolute atomic E-state index is 0.00668. The molecule has 2 aliphatic heterocycles. The molecule has 6 nitrogen and oxygen atoms in total. The molecule has 0 aromatic heterocycles. The fourth-order valence-corrected chi connectivity index (χ4v) is 5.58. The van der Waals surface area contributed by atoms with E-state index in [1.165, 1.54) is 4.31 Å². The minimum Gasteiger partial charge on any atom is -0.353 e. The average Bonchev–Trinajstić information content (AvgIpc) is 2.65. The Bertz CT molecular complexity index is 738. The van der Waals surface area contributed by atoms with E-state index in [0.29, 0.717) is 25.9 Å². The standard InChI is InChI=1S/C19H28BrN3O3S/c1-22-10-8-18(9-11-22)21-19(24)16-6-12-23(13-7-16)27(25,26)14-15-2-4-17(20)5-3-15/h2-5,16,18H,6-14H2,1H3,(H,21,24). The molecule has 1 aromatic rings. The van der Waals surface area contributed by atoms with Crippen LogP contribution in [0, 0.1) is 5.92 Å². The largest absolute Gasteiger partial charge is 0.353 e. The molecule has 8 heteroatoms. The molecule has 0 saturated carbocycles. The highest BCUT2D eigenvalue weighted by atomic mass is 79.9. The van der Waals surface area contributed by atoms with Crippen LogP contribution in [-0.4, -0.2) is 62.8 Å². The highest BCUT2D eigenvalue weighted by Gasteiger charge is 2.32. The molecular formula is C19H28BrN3O3S. The highest BCUT2D eigenvalue weighted by molar-refractivity contribution is 9.10. The monoisotopic (exact) mass is 457 g/mol. The summed E-state index contributed by atoms with van der Waals surface area (Å²) in [5.74, 6) is 0.0190. The van der Waals surface area contributed by atoms with Crippen molar-refractivity contribution in [1.29, 1.82) is 0 Å². The quantitative estimate of drug-likeness (QED) is 0.735. The second-order valence-electron chi connectivity index (χ2n) is 7.64. The van der Waals surface area contributed by atoms with Gasteiger partial charge in [0.1, 0.15) is 0 Å². The number of likely N-dealkylation sites (tertiary alicyclic amines) is 1. The Morgan fingerprint density at radius 3 is 2.26 bits per heavy atom. The lowest BCUT2D eigenvalue weighted by Gasteiger charge is -2.33. The third-order valence-electron chi connectivity index (χ3n) is 5.55. The van der Waals surface area contributed by atoms with Gasteiger partial charge in [0.15, 0.2) is 0 Å². The number of benzene rings is 1. The van der Waals surface area contributed by atoms with Gasteiger partial charge in [-0.25, -0.2) is 12.7 Å². The molecule has 2 fully saturated rings. The van der Waals surface area contributed by atoms with Crippen molar-refractivity contribution in [3.8, 4) is 0 Å². The topological polar surface area (TPSA) is 69.7 Å². The molecule has 3 rings (SSSR count). The first-order valence-electron chi connectivity index (χ1n) is 9.55. The summed E-state index contributed by atoms with van der Waals surface area (Å²) in [6.45, 7) is 2.87. The van der Waals surface area contributed by atoms with Crippen LogP contribution >= 0.6 is 15.9 Å². The Labute approximate surface area is 170 Å². The van der Waals surface area contributed by atoms with Gasteiger partial charge in [-0.1, -0.05) is 28.1 Å². The summed E-state index contributed by atoms with van der Waals surface area (Å²) in [6, 6.07) is 7.61. The van der Waals surface area contributed by atoms with Crippen molar-refractivity contribution in [1.82, 2.24) is 14.5 Å². The lowest BCUT2D eigenvalue weighted by molar-refractivity contribution is -0.127. The highest BCUT2D eigenvalue weighted by Crippen LogP contribution is 2.23. The van der Waals surface area contributed by atoms with Crippen molar-refractivity contribution in [2.24, 2.45) is 5.92 Å². The Kier molecular flexibility index (Phi) is 6.94. The molecule has 150 valence electrons. The van der Waals surface area contributed by atoms with E-state index in [2.05, 4.69) is 33.2 Å². The first kappa shape index (κ1) is 20.8. The zero-order chi connectivity index (χ0) is 19.4. The molecule has 0 bridgehead atoms. The molecule has 2 saturated heterocycles. The van der Waals surface area contributed by atoms with E-state index >= 15 is 0 Å². The Hall–Kier alpha value is -0.960. The molecule has 0 atom stereocenters. The van der Waals surface area contributed by atoms with Crippen LogP contribution < -0.4 is 5.32 Å². The third-order valence-corrected chi connectivity index (χ3v) is 7.92. The van der Waals surface area contributed by atoms with Gasteiger partial charge in [0.25, 0.3) is 0 Å². The predicted molar refractivity (Wildman–Crippen MR) is 110 cm³/mol. The molecule has 27 heavy (non-hydrogen) atoms. The Balaban J connectivity index is 1.48. The van der Waals surface area contributed by atoms with Gasteiger partial charge in [-0.2, -0.15) is 0 Å². The number of sulfonamides is 1. The van der Waals surface area contributed by atoms with E-state index in [4.69, 9.17) is 0 Å². The van der Waals surface area contributed by atoms with Gasteiger partial charge >= 0.3 is 0 Å². The van der Waals surface area contributed by atoms with E-state index in [9.17, 15) is 13.2 Å². The average molecular weight is 458 g/mol. The van der Waals surface area contributed by atoms with Crippen LogP contribution in [0.2, 0.25) is 0 Å². The maximum absolute atomic E-state index is 12.7. The van der Waals surface area contributed by atoms with Crippen LogP contribution in [-0.2, 0) is 20.6 Å². The fourth-order valence-electron chi connectivity index (χ4n) is 3.75. The molecule has 1 amide bonds. The number of carbonyl (C=O) groups is 1. The number of hydrogen-bond donors (Lipinski definition) is 1. The summed E-state index contributed by atoms with van der Waals surface area (Å²) in [5, 5.41) is 3.17. The molecule has 1 N–H and O–H groups in total.